The van der Waals surface area contributed by atoms with E-state index < -0.39 is 0 Å². The van der Waals surface area contributed by atoms with E-state index in [-0.39, 0.29) is 23.3 Å². The first-order chi connectivity index (χ1) is 10.6. The lowest BCUT2D eigenvalue weighted by molar-refractivity contribution is -0.128. The molecule has 4 nitrogen and oxygen atoms in total. The van der Waals surface area contributed by atoms with Crippen LogP contribution in [0.25, 0.3) is 0 Å². The zero-order valence-electron chi connectivity index (χ0n) is 12.7. The van der Waals surface area contributed by atoms with Gasteiger partial charge in [0.25, 0.3) is 5.91 Å². The van der Waals surface area contributed by atoms with Crippen LogP contribution < -0.4 is 5.32 Å². The molecule has 5 heteroatoms. The summed E-state index contributed by atoms with van der Waals surface area (Å²) < 4.78 is 12.8. The van der Waals surface area contributed by atoms with Crippen molar-refractivity contribution in [1.82, 2.24) is 4.90 Å². The Morgan fingerprint density at radius 3 is 2.55 bits per heavy atom. The Morgan fingerprint density at radius 2 is 1.95 bits per heavy atom. The molecule has 0 atom stereocenters. The predicted octanol–water partition coefficient (Wildman–Crippen LogP) is 3.44. The molecule has 1 amide bonds. The molecule has 0 saturated heterocycles. The Hall–Kier alpha value is -2.35. The Labute approximate surface area is 130 Å². The first-order valence-corrected chi connectivity index (χ1v) is 7.51. The lowest BCUT2D eigenvalue weighted by atomic mass is 9.94. The van der Waals surface area contributed by atoms with Crippen LogP contribution in [0.15, 0.2) is 36.0 Å². The van der Waals surface area contributed by atoms with Gasteiger partial charge in [-0.2, -0.15) is 5.26 Å². The van der Waals surface area contributed by atoms with Crippen LogP contribution in [-0.2, 0) is 4.79 Å². The molecule has 0 bridgehead atoms. The molecule has 0 heterocycles. The number of carbonyl (C=O) groups excluding carboxylic acids is 1. The molecule has 1 aromatic rings. The SMILES string of the molecule is CN(C(=O)/C(C#N)=C\Nc1ccc(F)cc1)C1CCCCC1. The van der Waals surface area contributed by atoms with Gasteiger partial charge in [0.05, 0.1) is 0 Å². The summed E-state index contributed by atoms with van der Waals surface area (Å²) in [6.07, 6.45) is 6.84. The van der Waals surface area contributed by atoms with E-state index >= 15 is 0 Å². The maximum absolute atomic E-state index is 12.8. The van der Waals surface area contributed by atoms with Gasteiger partial charge in [0.1, 0.15) is 17.5 Å². The number of rotatable bonds is 4. The van der Waals surface area contributed by atoms with Crippen molar-refractivity contribution in [3.05, 3.63) is 41.9 Å². The Bertz CT molecular complexity index is 583. The van der Waals surface area contributed by atoms with Crippen LogP contribution in [0.3, 0.4) is 0 Å². The van der Waals surface area contributed by atoms with Crippen LogP contribution in [0, 0.1) is 17.1 Å². The summed E-state index contributed by atoms with van der Waals surface area (Å²) in [5, 5.41) is 12.1. The lowest BCUT2D eigenvalue weighted by Crippen LogP contribution is -2.39. The van der Waals surface area contributed by atoms with E-state index in [1.54, 1.807) is 24.1 Å². The molecule has 0 aliphatic heterocycles. The molecule has 0 unspecified atom stereocenters. The van der Waals surface area contributed by atoms with Gasteiger partial charge in [-0.05, 0) is 37.1 Å². The number of benzene rings is 1. The van der Waals surface area contributed by atoms with Crippen LogP contribution in [0.1, 0.15) is 32.1 Å². The van der Waals surface area contributed by atoms with E-state index in [2.05, 4.69) is 5.32 Å². The summed E-state index contributed by atoms with van der Waals surface area (Å²) in [7, 11) is 1.75. The van der Waals surface area contributed by atoms with Gasteiger partial charge in [0.15, 0.2) is 0 Å². The summed E-state index contributed by atoms with van der Waals surface area (Å²) >= 11 is 0. The number of nitriles is 1. The largest absolute Gasteiger partial charge is 0.360 e. The van der Waals surface area contributed by atoms with Crippen molar-refractivity contribution in [1.29, 1.82) is 5.26 Å². The minimum Gasteiger partial charge on any atom is -0.360 e. The van der Waals surface area contributed by atoms with Crippen LogP contribution in [0.4, 0.5) is 10.1 Å². The average molecular weight is 301 g/mol. The fraction of sp³-hybridized carbons (Fsp3) is 0.412. The Morgan fingerprint density at radius 1 is 1.32 bits per heavy atom. The van der Waals surface area contributed by atoms with E-state index in [0.29, 0.717) is 5.69 Å². The topological polar surface area (TPSA) is 56.1 Å². The Kier molecular flexibility index (Phi) is 5.54. The molecule has 0 aromatic heterocycles. The molecule has 1 fully saturated rings. The third kappa shape index (κ3) is 4.08. The molecule has 0 radical (unpaired) electrons. The Balaban J connectivity index is 2.03. The first-order valence-electron chi connectivity index (χ1n) is 7.51. The van der Waals surface area contributed by atoms with Gasteiger partial charge >= 0.3 is 0 Å². The highest BCUT2D eigenvalue weighted by Crippen LogP contribution is 2.22. The molecular weight excluding hydrogens is 281 g/mol. The molecule has 1 N–H and O–H groups in total. The number of hydrogen-bond donors (Lipinski definition) is 1. The summed E-state index contributed by atoms with van der Waals surface area (Å²) in [6, 6.07) is 7.89. The summed E-state index contributed by atoms with van der Waals surface area (Å²) in [5.74, 6) is -0.604. The maximum atomic E-state index is 12.8. The van der Waals surface area contributed by atoms with Gasteiger partial charge < -0.3 is 10.2 Å². The lowest BCUT2D eigenvalue weighted by Gasteiger charge is -2.31. The molecule has 2 rings (SSSR count). The third-order valence-corrected chi connectivity index (χ3v) is 4.02. The highest BCUT2D eigenvalue weighted by atomic mass is 19.1. The smallest absolute Gasteiger partial charge is 0.266 e. The van der Waals surface area contributed by atoms with Crippen molar-refractivity contribution in [2.45, 2.75) is 38.1 Å². The van der Waals surface area contributed by atoms with Gasteiger partial charge in [0.2, 0.25) is 0 Å². The molecule has 1 aromatic carbocycles. The average Bonchev–Trinajstić information content (AvgIpc) is 2.57. The minimum absolute atomic E-state index is 0.0531. The fourth-order valence-electron chi connectivity index (χ4n) is 2.67. The van der Waals surface area contributed by atoms with Crippen LogP contribution in [-0.4, -0.2) is 23.9 Å². The zero-order chi connectivity index (χ0) is 15.9. The van der Waals surface area contributed by atoms with Gasteiger partial charge in [-0.1, -0.05) is 19.3 Å². The predicted molar refractivity (Wildman–Crippen MR) is 83.4 cm³/mol. The second-order valence-corrected chi connectivity index (χ2v) is 5.53. The normalized spacial score (nSPS) is 16.0. The fourth-order valence-corrected chi connectivity index (χ4v) is 2.67. The van der Waals surface area contributed by atoms with Crippen molar-refractivity contribution in [2.75, 3.05) is 12.4 Å². The van der Waals surface area contributed by atoms with E-state index in [1.165, 1.54) is 24.8 Å². The highest BCUT2D eigenvalue weighted by molar-refractivity contribution is 5.97. The number of carbonyl (C=O) groups is 1. The molecule has 1 aliphatic carbocycles. The van der Waals surface area contributed by atoms with Crippen LogP contribution >= 0.6 is 0 Å². The molecule has 1 aliphatic rings. The number of amides is 1. The van der Waals surface area contributed by atoms with E-state index in [9.17, 15) is 14.4 Å². The van der Waals surface area contributed by atoms with E-state index in [0.717, 1.165) is 25.7 Å². The monoisotopic (exact) mass is 301 g/mol. The summed E-state index contributed by atoms with van der Waals surface area (Å²) in [5.41, 5.74) is 0.680. The van der Waals surface area contributed by atoms with Crippen molar-refractivity contribution in [3.8, 4) is 6.07 Å². The number of nitrogens with zero attached hydrogens (tertiary/aromatic N) is 2. The molecule has 0 spiro atoms. The first kappa shape index (κ1) is 16.0. The second kappa shape index (κ2) is 7.60. The van der Waals surface area contributed by atoms with Gasteiger partial charge in [-0.3, -0.25) is 4.79 Å². The van der Waals surface area contributed by atoms with Gasteiger partial charge in [0, 0.05) is 25.0 Å². The number of likely N-dealkylation sites (N-methyl/N-ethyl adjacent to an activating group) is 1. The number of anilines is 1. The van der Waals surface area contributed by atoms with Crippen molar-refractivity contribution >= 4 is 11.6 Å². The number of halogens is 1. The van der Waals surface area contributed by atoms with Crippen molar-refractivity contribution < 1.29 is 9.18 Å². The number of nitrogens with one attached hydrogen (secondary N) is 1. The van der Waals surface area contributed by atoms with E-state index in [4.69, 9.17) is 0 Å². The van der Waals surface area contributed by atoms with Crippen molar-refractivity contribution in [3.63, 3.8) is 0 Å². The van der Waals surface area contributed by atoms with Crippen molar-refractivity contribution in [2.24, 2.45) is 0 Å². The van der Waals surface area contributed by atoms with E-state index in [1.807, 2.05) is 6.07 Å². The minimum atomic E-state index is -0.330. The third-order valence-electron chi connectivity index (χ3n) is 4.02. The van der Waals surface area contributed by atoms with Crippen LogP contribution in [0.5, 0.6) is 0 Å². The number of hydrogen-bond acceptors (Lipinski definition) is 3. The summed E-state index contributed by atoms with van der Waals surface area (Å²) in [6.45, 7) is 0. The van der Waals surface area contributed by atoms with Crippen LogP contribution in [0.2, 0.25) is 0 Å². The molecular formula is C17H20FN3O. The quantitative estimate of drug-likeness (QED) is 0.684. The standard InChI is InChI=1S/C17H20FN3O/c1-21(16-5-3-2-4-6-16)17(22)13(11-19)12-20-15-9-7-14(18)8-10-15/h7-10,12,16,20H,2-6H2,1H3/b13-12-. The zero-order valence-corrected chi connectivity index (χ0v) is 12.7. The van der Waals surface area contributed by atoms with Gasteiger partial charge in [-0.25, -0.2) is 4.39 Å². The second-order valence-electron chi connectivity index (χ2n) is 5.53. The summed E-state index contributed by atoms with van der Waals surface area (Å²) in [4.78, 5) is 14.1. The molecule has 22 heavy (non-hydrogen) atoms. The highest BCUT2D eigenvalue weighted by Gasteiger charge is 2.24. The maximum Gasteiger partial charge on any atom is 0.266 e. The molecule has 116 valence electrons. The van der Waals surface area contributed by atoms with Gasteiger partial charge in [-0.15, -0.1) is 0 Å². The molecule has 1 saturated carbocycles.